The van der Waals surface area contributed by atoms with E-state index in [1.165, 1.54) is 0 Å². The third kappa shape index (κ3) is 2.49. The zero-order valence-corrected chi connectivity index (χ0v) is 10.3. The van der Waals surface area contributed by atoms with Gasteiger partial charge in [-0.2, -0.15) is 0 Å². The summed E-state index contributed by atoms with van der Waals surface area (Å²) in [7, 11) is 0. The first-order valence-corrected chi connectivity index (χ1v) is 6.04. The van der Waals surface area contributed by atoms with Gasteiger partial charge in [0.05, 0.1) is 11.6 Å². The van der Waals surface area contributed by atoms with Gasteiger partial charge in [0.1, 0.15) is 5.76 Å². The average molecular weight is 237 g/mol. The van der Waals surface area contributed by atoms with Crippen LogP contribution in [0.3, 0.4) is 0 Å². The fourth-order valence-corrected chi connectivity index (χ4v) is 2.38. The Labute approximate surface area is 101 Å². The molecule has 17 heavy (non-hydrogen) atoms. The number of nitrogens with zero attached hydrogens (tertiary/aromatic N) is 1. The number of hydrogen-bond donors (Lipinski definition) is 2. The molecule has 0 saturated heterocycles. The molecule has 2 unspecified atom stereocenters. The molecule has 1 saturated carbocycles. The minimum atomic E-state index is -0.0320. The van der Waals surface area contributed by atoms with Crippen LogP contribution in [0.1, 0.15) is 36.3 Å². The predicted octanol–water partition coefficient (Wildman–Crippen LogP) is 1.04. The van der Waals surface area contributed by atoms with Crippen molar-refractivity contribution < 1.29 is 9.32 Å². The number of aryl methyl sites for hydroxylation is 2. The maximum Gasteiger partial charge on any atom is 0.224 e. The molecule has 5 nitrogen and oxygen atoms in total. The van der Waals surface area contributed by atoms with Gasteiger partial charge in [0.25, 0.3) is 0 Å². The number of aromatic nitrogens is 1. The second kappa shape index (κ2) is 4.87. The van der Waals surface area contributed by atoms with Gasteiger partial charge in [-0.3, -0.25) is 4.79 Å². The molecule has 0 bridgehead atoms. The number of carbonyl (C=O) groups is 1. The van der Waals surface area contributed by atoms with Crippen LogP contribution in [-0.2, 0) is 11.3 Å². The van der Waals surface area contributed by atoms with E-state index >= 15 is 0 Å². The first-order valence-electron chi connectivity index (χ1n) is 6.04. The Bertz CT molecular complexity index is 394. The summed E-state index contributed by atoms with van der Waals surface area (Å²) in [4.78, 5) is 11.9. The molecule has 5 heteroatoms. The molecule has 0 spiro atoms. The molecule has 2 rings (SSSR count). The first-order chi connectivity index (χ1) is 8.09. The van der Waals surface area contributed by atoms with Gasteiger partial charge in [-0.15, -0.1) is 0 Å². The van der Waals surface area contributed by atoms with E-state index in [1.807, 2.05) is 13.8 Å². The first kappa shape index (κ1) is 12.1. The quantitative estimate of drug-likeness (QED) is 0.823. The molecular formula is C12H19N3O2. The van der Waals surface area contributed by atoms with Gasteiger partial charge in [0.2, 0.25) is 5.91 Å². The monoisotopic (exact) mass is 237 g/mol. The molecule has 0 aromatic carbocycles. The molecule has 0 aliphatic heterocycles. The van der Waals surface area contributed by atoms with Crippen molar-refractivity contribution in [1.82, 2.24) is 10.5 Å². The van der Waals surface area contributed by atoms with Crippen molar-refractivity contribution in [3.05, 3.63) is 17.0 Å². The second-order valence-corrected chi connectivity index (χ2v) is 4.72. The normalized spacial score (nSPS) is 23.9. The molecule has 2 atom stereocenters. The smallest absolute Gasteiger partial charge is 0.224 e. The van der Waals surface area contributed by atoms with Crippen molar-refractivity contribution >= 4 is 5.91 Å². The van der Waals surface area contributed by atoms with Crippen molar-refractivity contribution in [2.24, 2.45) is 11.7 Å². The van der Waals surface area contributed by atoms with Gasteiger partial charge in [0, 0.05) is 18.2 Å². The highest BCUT2D eigenvalue weighted by molar-refractivity contribution is 5.79. The molecule has 0 radical (unpaired) electrons. The standard InChI is InChI=1S/C12H19N3O2/c1-7-10(8(2)17-15-7)6-14-12(16)9-4-3-5-11(9)13/h9,11H,3-6,13H2,1-2H3,(H,14,16). The Balaban J connectivity index is 1.92. The summed E-state index contributed by atoms with van der Waals surface area (Å²) in [5, 5.41) is 6.78. The summed E-state index contributed by atoms with van der Waals surface area (Å²) in [6, 6.07) is 0.0136. The molecule has 94 valence electrons. The fourth-order valence-electron chi connectivity index (χ4n) is 2.38. The largest absolute Gasteiger partial charge is 0.361 e. The molecule has 3 N–H and O–H groups in total. The summed E-state index contributed by atoms with van der Waals surface area (Å²) in [5.74, 6) is 0.781. The van der Waals surface area contributed by atoms with Crippen molar-refractivity contribution in [2.45, 2.75) is 45.7 Å². The van der Waals surface area contributed by atoms with Crippen LogP contribution in [0, 0.1) is 19.8 Å². The van der Waals surface area contributed by atoms with E-state index in [0.29, 0.717) is 6.54 Å². The molecule has 1 fully saturated rings. The van der Waals surface area contributed by atoms with Crippen molar-refractivity contribution in [2.75, 3.05) is 0 Å². The topological polar surface area (TPSA) is 81.2 Å². The maximum atomic E-state index is 11.9. The van der Waals surface area contributed by atoms with Crippen molar-refractivity contribution in [3.8, 4) is 0 Å². The van der Waals surface area contributed by atoms with Crippen LogP contribution in [-0.4, -0.2) is 17.1 Å². The number of nitrogens with one attached hydrogen (secondary N) is 1. The van der Waals surface area contributed by atoms with E-state index < -0.39 is 0 Å². The lowest BCUT2D eigenvalue weighted by atomic mass is 10.0. The number of carbonyl (C=O) groups excluding carboxylic acids is 1. The third-order valence-electron chi connectivity index (χ3n) is 3.53. The van der Waals surface area contributed by atoms with Gasteiger partial charge < -0.3 is 15.6 Å². The molecule has 1 aromatic heterocycles. The van der Waals surface area contributed by atoms with E-state index in [-0.39, 0.29) is 17.9 Å². The van der Waals surface area contributed by atoms with Gasteiger partial charge in [0.15, 0.2) is 0 Å². The minimum Gasteiger partial charge on any atom is -0.361 e. The van der Waals surface area contributed by atoms with E-state index in [4.69, 9.17) is 10.3 Å². The maximum absolute atomic E-state index is 11.9. The lowest BCUT2D eigenvalue weighted by molar-refractivity contribution is -0.125. The summed E-state index contributed by atoms with van der Waals surface area (Å²) in [6.45, 7) is 4.20. The summed E-state index contributed by atoms with van der Waals surface area (Å²) in [6.07, 6.45) is 2.89. The van der Waals surface area contributed by atoms with Gasteiger partial charge in [-0.25, -0.2) is 0 Å². The lowest BCUT2D eigenvalue weighted by Crippen LogP contribution is -2.38. The van der Waals surface area contributed by atoms with Crippen LogP contribution in [0.25, 0.3) is 0 Å². The highest BCUT2D eigenvalue weighted by atomic mass is 16.5. The molecule has 1 aliphatic carbocycles. The van der Waals surface area contributed by atoms with E-state index in [2.05, 4.69) is 10.5 Å². The van der Waals surface area contributed by atoms with Crippen LogP contribution in [0.5, 0.6) is 0 Å². The Kier molecular flexibility index (Phi) is 3.47. The van der Waals surface area contributed by atoms with E-state index in [1.54, 1.807) is 0 Å². The van der Waals surface area contributed by atoms with E-state index in [0.717, 1.165) is 36.3 Å². The van der Waals surface area contributed by atoms with Crippen LogP contribution < -0.4 is 11.1 Å². The van der Waals surface area contributed by atoms with E-state index in [9.17, 15) is 4.79 Å². The Morgan fingerprint density at radius 2 is 2.29 bits per heavy atom. The molecule has 1 amide bonds. The minimum absolute atomic E-state index is 0.0136. The highest BCUT2D eigenvalue weighted by Gasteiger charge is 2.30. The van der Waals surface area contributed by atoms with Gasteiger partial charge >= 0.3 is 0 Å². The van der Waals surface area contributed by atoms with Gasteiger partial charge in [-0.1, -0.05) is 11.6 Å². The Hall–Kier alpha value is -1.36. The number of nitrogens with two attached hydrogens (primary N) is 1. The molecule has 1 aromatic rings. The average Bonchev–Trinajstić information content (AvgIpc) is 2.84. The highest BCUT2D eigenvalue weighted by Crippen LogP contribution is 2.24. The summed E-state index contributed by atoms with van der Waals surface area (Å²) < 4.78 is 5.05. The predicted molar refractivity (Wildman–Crippen MR) is 63.1 cm³/mol. The Morgan fingerprint density at radius 1 is 1.53 bits per heavy atom. The molecule has 1 aliphatic rings. The number of amides is 1. The van der Waals surface area contributed by atoms with Crippen molar-refractivity contribution in [3.63, 3.8) is 0 Å². The number of rotatable bonds is 3. The second-order valence-electron chi connectivity index (χ2n) is 4.72. The SMILES string of the molecule is Cc1noc(C)c1CNC(=O)C1CCCC1N. The van der Waals surface area contributed by atoms with Crippen molar-refractivity contribution in [1.29, 1.82) is 0 Å². The fraction of sp³-hybridized carbons (Fsp3) is 0.667. The number of hydrogen-bond acceptors (Lipinski definition) is 4. The van der Waals surface area contributed by atoms with Crippen LogP contribution >= 0.6 is 0 Å². The van der Waals surface area contributed by atoms with Crippen LogP contribution in [0.4, 0.5) is 0 Å². The molecular weight excluding hydrogens is 218 g/mol. The summed E-state index contributed by atoms with van der Waals surface area (Å²) >= 11 is 0. The Morgan fingerprint density at radius 3 is 2.82 bits per heavy atom. The third-order valence-corrected chi connectivity index (χ3v) is 3.53. The van der Waals surface area contributed by atoms with Crippen LogP contribution in [0.15, 0.2) is 4.52 Å². The zero-order chi connectivity index (χ0) is 12.4. The van der Waals surface area contributed by atoms with Crippen LogP contribution in [0.2, 0.25) is 0 Å². The van der Waals surface area contributed by atoms with Gasteiger partial charge in [-0.05, 0) is 26.7 Å². The zero-order valence-electron chi connectivity index (χ0n) is 10.3. The lowest BCUT2D eigenvalue weighted by Gasteiger charge is -2.14. The molecule has 1 heterocycles. The summed E-state index contributed by atoms with van der Waals surface area (Å²) in [5.41, 5.74) is 7.69.